The molecule has 4 aromatic rings. The molecule has 0 saturated carbocycles. The van der Waals surface area contributed by atoms with Gasteiger partial charge in [0.1, 0.15) is 0 Å². The Morgan fingerprint density at radius 2 is 1.48 bits per heavy atom. The number of rotatable bonds is 2. The predicted octanol–water partition coefficient (Wildman–Crippen LogP) is 5.33. The van der Waals surface area contributed by atoms with Crippen LogP contribution in [0.4, 0.5) is 0 Å². The third-order valence-corrected chi connectivity index (χ3v) is 2.92. The molecule has 0 fully saturated rings. The van der Waals surface area contributed by atoms with Crippen molar-refractivity contribution in [3.8, 4) is 22.6 Å². The summed E-state index contributed by atoms with van der Waals surface area (Å²) in [6.45, 7) is 0. The van der Waals surface area contributed by atoms with Crippen LogP contribution in [0.15, 0.2) is 94.2 Å². The average molecular weight is 318 g/mol. The number of hydrogen-bond acceptors (Lipinski definition) is 2. The van der Waals surface area contributed by atoms with Gasteiger partial charge in [-0.1, -0.05) is 23.3 Å². The van der Waals surface area contributed by atoms with Gasteiger partial charge in [0.05, 0.1) is 24.0 Å². The first kappa shape index (κ1) is 15.2. The fourth-order valence-electron chi connectivity index (χ4n) is 1.96. The van der Waals surface area contributed by atoms with Crippen molar-refractivity contribution in [2.75, 3.05) is 0 Å². The Balaban J connectivity index is 0.000000231. The molecule has 0 radical (unpaired) electrons. The predicted molar refractivity (Wildman–Crippen MR) is 79.5 cm³/mol. The van der Waals surface area contributed by atoms with Crippen LogP contribution in [-0.4, -0.2) is 0 Å². The molecule has 0 N–H and O–H groups in total. The monoisotopic (exact) mass is 318 g/mol. The van der Waals surface area contributed by atoms with Crippen LogP contribution in [0, 0.1) is 0 Å². The van der Waals surface area contributed by atoms with Gasteiger partial charge in [-0.25, -0.2) is 0 Å². The van der Waals surface area contributed by atoms with Crippen molar-refractivity contribution < 1.29 is 25.9 Å². The van der Waals surface area contributed by atoms with Crippen molar-refractivity contribution in [2.24, 2.45) is 0 Å². The van der Waals surface area contributed by atoms with Crippen LogP contribution in [0.3, 0.4) is 0 Å². The Labute approximate surface area is 134 Å². The molecule has 0 aliphatic rings. The molecule has 0 saturated heterocycles. The van der Waals surface area contributed by atoms with Crippen molar-refractivity contribution in [1.82, 2.24) is 0 Å². The fourth-order valence-corrected chi connectivity index (χ4v) is 1.96. The molecule has 0 atom stereocenters. The maximum absolute atomic E-state index is 5.32. The zero-order valence-electron chi connectivity index (χ0n) is 11.3. The summed E-state index contributed by atoms with van der Waals surface area (Å²) in [6.07, 6.45) is 3.35. The minimum atomic E-state index is 0. The van der Waals surface area contributed by atoms with Gasteiger partial charge in [0.2, 0.25) is 0 Å². The molecule has 0 amide bonds. The Morgan fingerprint density at radius 3 is 2.05 bits per heavy atom. The molecule has 3 heteroatoms. The molecule has 2 heterocycles. The van der Waals surface area contributed by atoms with E-state index in [0.29, 0.717) is 0 Å². The maximum atomic E-state index is 5.32. The van der Waals surface area contributed by atoms with Gasteiger partial charge in [-0.05, 0) is 12.1 Å². The summed E-state index contributed by atoms with van der Waals surface area (Å²) in [4.78, 5) is 0. The van der Waals surface area contributed by atoms with Gasteiger partial charge in [0, 0.05) is 17.1 Å². The smallest absolute Gasteiger partial charge is 0.0899 e. The van der Waals surface area contributed by atoms with E-state index < -0.39 is 0 Å². The molecule has 0 aliphatic heterocycles. The summed E-state index contributed by atoms with van der Waals surface area (Å²) in [6, 6.07) is 23.8. The van der Waals surface area contributed by atoms with Crippen LogP contribution in [-0.2, 0) is 17.1 Å². The number of hydrogen-bond donors (Lipinski definition) is 0. The Morgan fingerprint density at radius 1 is 0.810 bits per heavy atom. The van der Waals surface area contributed by atoms with Crippen molar-refractivity contribution in [1.29, 1.82) is 0 Å². The standard InChI is InChI=1S/C13H9O2.C5H5.Fe/c1-3-12(14-7-1)10-5-6-11(9-10)13-4-2-8-15-13;1-2-4-5-3-1;/h1-9H;1-5H;/q-1;-5;. The number of furan rings is 2. The van der Waals surface area contributed by atoms with Crippen LogP contribution in [0.25, 0.3) is 22.6 Å². The first-order valence-corrected chi connectivity index (χ1v) is 6.45. The zero-order valence-corrected chi connectivity index (χ0v) is 12.4. The van der Waals surface area contributed by atoms with Crippen LogP contribution < -0.4 is 0 Å². The second kappa shape index (κ2) is 7.53. The molecule has 2 aromatic carbocycles. The third-order valence-electron chi connectivity index (χ3n) is 2.92. The van der Waals surface area contributed by atoms with Gasteiger partial charge in [-0.3, -0.25) is 0 Å². The van der Waals surface area contributed by atoms with E-state index in [1.54, 1.807) is 12.5 Å². The molecule has 0 bridgehead atoms. The van der Waals surface area contributed by atoms with Crippen molar-refractivity contribution in [3.05, 3.63) is 85.3 Å². The van der Waals surface area contributed by atoms with Gasteiger partial charge in [-0.2, -0.15) is 6.07 Å². The Hall–Kier alpha value is -2.22. The molecule has 0 aliphatic carbocycles. The molecule has 21 heavy (non-hydrogen) atoms. The van der Waals surface area contributed by atoms with Crippen LogP contribution >= 0.6 is 0 Å². The molecular weight excluding hydrogens is 304 g/mol. The second-order valence-electron chi connectivity index (χ2n) is 4.31. The quantitative estimate of drug-likeness (QED) is 0.369. The van der Waals surface area contributed by atoms with Gasteiger partial charge in [-0.15, -0.1) is 12.1 Å². The minimum absolute atomic E-state index is 0. The van der Waals surface area contributed by atoms with Crippen molar-refractivity contribution in [3.63, 3.8) is 0 Å². The topological polar surface area (TPSA) is 26.3 Å². The Bertz CT molecular complexity index is 635. The molecule has 0 spiro atoms. The zero-order chi connectivity index (χ0) is 13.6. The summed E-state index contributed by atoms with van der Waals surface area (Å²) < 4.78 is 10.6. The first-order chi connectivity index (χ1) is 9.93. The van der Waals surface area contributed by atoms with Crippen LogP contribution in [0.1, 0.15) is 0 Å². The van der Waals surface area contributed by atoms with E-state index in [1.807, 2.05) is 66.7 Å². The van der Waals surface area contributed by atoms with E-state index >= 15 is 0 Å². The summed E-state index contributed by atoms with van der Waals surface area (Å²) >= 11 is 0. The fraction of sp³-hybridized carbons (Fsp3) is 0. The molecular formula is C18H14FeO2-6. The minimum Gasteiger partial charge on any atom is -0.748 e. The van der Waals surface area contributed by atoms with E-state index in [9.17, 15) is 0 Å². The summed E-state index contributed by atoms with van der Waals surface area (Å²) in [5, 5.41) is 0. The van der Waals surface area contributed by atoms with Crippen molar-refractivity contribution >= 4 is 0 Å². The van der Waals surface area contributed by atoms with Gasteiger partial charge in [0.25, 0.3) is 0 Å². The van der Waals surface area contributed by atoms with Crippen LogP contribution in [0.5, 0.6) is 0 Å². The summed E-state index contributed by atoms with van der Waals surface area (Å²) in [5.74, 6) is 1.76. The van der Waals surface area contributed by atoms with Gasteiger partial charge >= 0.3 is 0 Å². The maximum Gasteiger partial charge on any atom is 0.0899 e. The molecule has 2 aromatic heterocycles. The largest absolute Gasteiger partial charge is 0.748 e. The normalized spacial score (nSPS) is 9.52. The molecule has 112 valence electrons. The third kappa shape index (κ3) is 3.88. The van der Waals surface area contributed by atoms with E-state index in [-0.39, 0.29) is 17.1 Å². The van der Waals surface area contributed by atoms with Gasteiger partial charge < -0.3 is 39.2 Å². The Kier molecular flexibility index (Phi) is 5.44. The first-order valence-electron chi connectivity index (χ1n) is 6.45. The summed E-state index contributed by atoms with van der Waals surface area (Å²) in [5.41, 5.74) is 2.15. The molecule has 2 nitrogen and oxygen atoms in total. The second-order valence-corrected chi connectivity index (χ2v) is 4.31. The van der Waals surface area contributed by atoms with E-state index in [1.165, 1.54) is 0 Å². The van der Waals surface area contributed by atoms with Gasteiger partial charge in [0.15, 0.2) is 0 Å². The molecule has 4 rings (SSSR count). The molecule has 0 unspecified atom stereocenters. The van der Waals surface area contributed by atoms with Crippen LogP contribution in [0.2, 0.25) is 0 Å². The van der Waals surface area contributed by atoms with E-state index in [2.05, 4.69) is 6.07 Å². The van der Waals surface area contributed by atoms with Crippen molar-refractivity contribution in [2.45, 2.75) is 0 Å². The van der Waals surface area contributed by atoms with E-state index in [4.69, 9.17) is 8.83 Å². The van der Waals surface area contributed by atoms with E-state index in [0.717, 1.165) is 22.6 Å². The average Bonchev–Trinajstić information content (AvgIpc) is 3.29. The summed E-state index contributed by atoms with van der Waals surface area (Å²) in [7, 11) is 0. The SMILES string of the molecule is [Fe].[cH-]1[cH-][cH-][cH-][cH-]1.c1coc(-c2cc[c-](-c3ccco3)c2)c1.